The molecule has 0 aromatic carbocycles. The summed E-state index contributed by atoms with van der Waals surface area (Å²) in [6, 6.07) is 0.396. The first-order chi connectivity index (χ1) is 6.91. The molecule has 0 aromatic rings. The molecule has 0 saturated heterocycles. The summed E-state index contributed by atoms with van der Waals surface area (Å²) in [4.78, 5) is 0. The Morgan fingerprint density at radius 3 is 2.33 bits per heavy atom. The van der Waals surface area contributed by atoms with E-state index in [9.17, 15) is 4.21 Å². The molecule has 0 fully saturated rings. The highest BCUT2D eigenvalue weighted by atomic mass is 79.9. The molecule has 0 aliphatic carbocycles. The lowest BCUT2D eigenvalue weighted by atomic mass is 10.1. The van der Waals surface area contributed by atoms with Crippen LogP contribution in [0.1, 0.15) is 53.4 Å². The first-order valence-electron chi connectivity index (χ1n) is 5.65. The van der Waals surface area contributed by atoms with Gasteiger partial charge in [-0.15, -0.1) is 0 Å². The van der Waals surface area contributed by atoms with E-state index in [0.717, 1.165) is 31.0 Å². The lowest BCUT2D eigenvalue weighted by Gasteiger charge is -2.23. The monoisotopic (exact) mass is 297 g/mol. The molecule has 0 rings (SSSR count). The van der Waals surface area contributed by atoms with E-state index in [0.29, 0.717) is 6.04 Å². The minimum Gasteiger partial charge on any atom is -0.242 e. The van der Waals surface area contributed by atoms with Gasteiger partial charge in [-0.05, 0) is 40.0 Å². The Hall–Kier alpha value is 0.590. The van der Waals surface area contributed by atoms with Crippen molar-refractivity contribution in [3.05, 3.63) is 0 Å². The van der Waals surface area contributed by atoms with Gasteiger partial charge in [0.1, 0.15) is 0 Å². The third-order valence-electron chi connectivity index (χ3n) is 2.15. The lowest BCUT2D eigenvalue weighted by molar-refractivity contribution is 0.510. The minimum atomic E-state index is -0.938. The van der Waals surface area contributed by atoms with E-state index in [-0.39, 0.29) is 4.75 Å². The van der Waals surface area contributed by atoms with E-state index in [1.165, 1.54) is 0 Å². The van der Waals surface area contributed by atoms with Gasteiger partial charge in [0.15, 0.2) is 0 Å². The molecule has 4 heteroatoms. The fourth-order valence-corrected chi connectivity index (χ4v) is 2.48. The average Bonchev–Trinajstić information content (AvgIpc) is 2.13. The Morgan fingerprint density at radius 1 is 1.33 bits per heavy atom. The number of alkyl halides is 1. The molecule has 2 nitrogen and oxygen atoms in total. The average molecular weight is 298 g/mol. The number of halogens is 1. The summed E-state index contributed by atoms with van der Waals surface area (Å²) in [7, 11) is -0.938. The van der Waals surface area contributed by atoms with Crippen molar-refractivity contribution in [1.82, 2.24) is 4.72 Å². The number of nitrogens with one attached hydrogen (secondary N) is 1. The van der Waals surface area contributed by atoms with Crippen molar-refractivity contribution in [1.29, 1.82) is 0 Å². The molecule has 2 atom stereocenters. The van der Waals surface area contributed by atoms with Crippen molar-refractivity contribution in [2.24, 2.45) is 0 Å². The number of hydrogen-bond acceptors (Lipinski definition) is 1. The molecule has 0 aromatic heterocycles. The predicted molar refractivity (Wildman–Crippen MR) is 72.8 cm³/mol. The molecule has 0 heterocycles. The maximum absolute atomic E-state index is 11.9. The van der Waals surface area contributed by atoms with Crippen LogP contribution in [0.2, 0.25) is 0 Å². The van der Waals surface area contributed by atoms with Gasteiger partial charge in [-0.1, -0.05) is 29.3 Å². The van der Waals surface area contributed by atoms with Gasteiger partial charge in [-0.3, -0.25) is 0 Å². The molecule has 0 aliphatic rings. The van der Waals surface area contributed by atoms with Crippen LogP contribution < -0.4 is 4.72 Å². The zero-order valence-corrected chi connectivity index (χ0v) is 12.7. The van der Waals surface area contributed by atoms with E-state index in [4.69, 9.17) is 0 Å². The highest BCUT2D eigenvalue weighted by Gasteiger charge is 2.22. The highest BCUT2D eigenvalue weighted by molar-refractivity contribution is 9.09. The van der Waals surface area contributed by atoms with Gasteiger partial charge in [-0.2, -0.15) is 0 Å². The van der Waals surface area contributed by atoms with Crippen LogP contribution in [0.4, 0.5) is 0 Å². The second-order valence-corrected chi connectivity index (χ2v) is 7.61. The van der Waals surface area contributed by atoms with Crippen LogP contribution in [0.3, 0.4) is 0 Å². The fraction of sp³-hybridized carbons (Fsp3) is 1.00. The fourth-order valence-electron chi connectivity index (χ4n) is 1.26. The molecule has 0 radical (unpaired) electrons. The van der Waals surface area contributed by atoms with Crippen LogP contribution >= 0.6 is 15.9 Å². The van der Waals surface area contributed by atoms with Crippen LogP contribution in [0.15, 0.2) is 0 Å². The van der Waals surface area contributed by atoms with Crippen molar-refractivity contribution >= 4 is 26.9 Å². The molecule has 0 saturated carbocycles. The predicted octanol–water partition coefficient (Wildman–Crippen LogP) is 3.38. The summed E-state index contributed by atoms with van der Waals surface area (Å²) in [6.07, 6.45) is 4.48. The molecule has 0 unspecified atom stereocenters. The molecule has 1 N–H and O–H groups in total. The summed E-state index contributed by atoms with van der Waals surface area (Å²) in [5.41, 5.74) is 0. The Balaban J connectivity index is 4.09. The van der Waals surface area contributed by atoms with Crippen molar-refractivity contribution < 1.29 is 4.21 Å². The van der Waals surface area contributed by atoms with Crippen LogP contribution in [-0.4, -0.2) is 20.3 Å². The summed E-state index contributed by atoms with van der Waals surface area (Å²) < 4.78 is 15.0. The van der Waals surface area contributed by atoms with Crippen LogP contribution in [0.5, 0.6) is 0 Å². The molecule has 0 spiro atoms. The third kappa shape index (κ3) is 7.47. The van der Waals surface area contributed by atoms with Gasteiger partial charge in [-0.25, -0.2) is 8.93 Å². The Kier molecular flexibility index (Phi) is 8.10. The zero-order valence-electron chi connectivity index (χ0n) is 10.3. The maximum atomic E-state index is 11.9. The van der Waals surface area contributed by atoms with E-state index < -0.39 is 11.0 Å². The highest BCUT2D eigenvalue weighted by Crippen LogP contribution is 2.13. The second kappa shape index (κ2) is 7.80. The van der Waals surface area contributed by atoms with E-state index in [1.54, 1.807) is 0 Å². The summed E-state index contributed by atoms with van der Waals surface area (Å²) in [5.74, 6) is 0. The van der Waals surface area contributed by atoms with Gasteiger partial charge in [0.2, 0.25) is 0 Å². The minimum absolute atomic E-state index is 0.166. The van der Waals surface area contributed by atoms with E-state index in [1.807, 2.05) is 20.8 Å². The Bertz CT molecular complexity index is 192. The lowest BCUT2D eigenvalue weighted by Crippen LogP contribution is -2.39. The van der Waals surface area contributed by atoms with E-state index >= 15 is 0 Å². The third-order valence-corrected chi connectivity index (χ3v) is 4.37. The summed E-state index contributed by atoms with van der Waals surface area (Å²) in [6.45, 7) is 8.18. The van der Waals surface area contributed by atoms with Gasteiger partial charge in [0, 0.05) is 11.4 Å². The Labute approximate surface area is 105 Å². The Morgan fingerprint density at radius 2 is 1.93 bits per heavy atom. The largest absolute Gasteiger partial charge is 0.242 e. The quantitative estimate of drug-likeness (QED) is 0.717. The van der Waals surface area contributed by atoms with Crippen LogP contribution in [0.25, 0.3) is 0 Å². The normalized spacial score (nSPS) is 16.3. The van der Waals surface area contributed by atoms with Gasteiger partial charge >= 0.3 is 0 Å². The topological polar surface area (TPSA) is 29.1 Å². The molecule has 15 heavy (non-hydrogen) atoms. The van der Waals surface area contributed by atoms with Gasteiger partial charge < -0.3 is 0 Å². The second-order valence-electron chi connectivity index (χ2n) is 4.82. The van der Waals surface area contributed by atoms with Crippen LogP contribution in [-0.2, 0) is 11.0 Å². The first-order valence-corrected chi connectivity index (χ1v) is 7.93. The maximum Gasteiger partial charge on any atom is 0.0972 e. The van der Waals surface area contributed by atoms with Crippen LogP contribution in [0, 0.1) is 0 Å². The number of hydrogen-bond donors (Lipinski definition) is 1. The summed E-state index contributed by atoms with van der Waals surface area (Å²) >= 11 is 3.43. The molecule has 0 amide bonds. The SMILES string of the molecule is CCC[C@H](CCCBr)N[S@@](=O)C(C)(C)C. The van der Waals surface area contributed by atoms with Crippen molar-refractivity contribution in [3.63, 3.8) is 0 Å². The van der Waals surface area contributed by atoms with Gasteiger partial charge in [0.25, 0.3) is 0 Å². The molecule has 92 valence electrons. The summed E-state index contributed by atoms with van der Waals surface area (Å²) in [5, 5.41) is 1.02. The van der Waals surface area contributed by atoms with Gasteiger partial charge in [0.05, 0.1) is 15.7 Å². The van der Waals surface area contributed by atoms with Crippen molar-refractivity contribution in [3.8, 4) is 0 Å². The smallest absolute Gasteiger partial charge is 0.0972 e. The zero-order chi connectivity index (χ0) is 11.9. The molecule has 0 aliphatic heterocycles. The standard InChI is InChI=1S/C11H24BrNOS/c1-5-7-10(8-6-9-12)13-15(14)11(2,3)4/h10,13H,5-9H2,1-4H3/t10-,15+/m1/s1. The molecular formula is C11H24BrNOS. The molecular weight excluding hydrogens is 274 g/mol. The first kappa shape index (κ1) is 15.6. The van der Waals surface area contributed by atoms with Crippen molar-refractivity contribution in [2.75, 3.05) is 5.33 Å². The number of rotatable bonds is 7. The molecule has 0 bridgehead atoms. The van der Waals surface area contributed by atoms with Crippen molar-refractivity contribution in [2.45, 2.75) is 64.2 Å². The van der Waals surface area contributed by atoms with E-state index in [2.05, 4.69) is 27.6 Å².